The Hall–Kier alpha value is -3.88. The number of rotatable bonds is 5. The molecule has 0 atom stereocenters. The number of amides is 1. The number of carbonyl (C=O) groups excluding carboxylic acids is 1. The largest absolute Gasteiger partial charge is 0.406 e. The third-order valence-corrected chi connectivity index (χ3v) is 4.46. The summed E-state index contributed by atoms with van der Waals surface area (Å²) >= 11 is 0. The highest BCUT2D eigenvalue weighted by atomic mass is 19.4. The number of benzene rings is 1. The molecule has 0 spiro atoms. The maximum absolute atomic E-state index is 12.6. The topological polar surface area (TPSA) is 75.6 Å². The number of hydrogen-bond acceptors (Lipinski definition) is 3. The van der Waals surface area contributed by atoms with Crippen molar-refractivity contribution in [2.24, 2.45) is 0 Å². The first-order valence-electron chi connectivity index (χ1n) is 8.97. The van der Waals surface area contributed by atoms with Crippen LogP contribution in [0.25, 0.3) is 28.1 Å². The number of alkyl halides is 3. The van der Waals surface area contributed by atoms with E-state index in [2.05, 4.69) is 20.5 Å². The molecular weight excluding hydrogens is 395 g/mol. The Morgan fingerprint density at radius 1 is 1.20 bits per heavy atom. The van der Waals surface area contributed by atoms with Gasteiger partial charge in [0, 0.05) is 58.6 Å². The molecule has 9 heteroatoms. The van der Waals surface area contributed by atoms with Gasteiger partial charge in [-0.3, -0.25) is 14.9 Å². The smallest absolute Gasteiger partial charge is 0.338 e. The number of hydrogen-bond donors (Lipinski definition) is 2. The van der Waals surface area contributed by atoms with Crippen molar-refractivity contribution in [3.63, 3.8) is 0 Å². The van der Waals surface area contributed by atoms with Crippen molar-refractivity contribution in [1.29, 1.82) is 0 Å². The van der Waals surface area contributed by atoms with Crippen LogP contribution in [0, 0.1) is 0 Å². The minimum Gasteiger partial charge on any atom is -0.338 e. The third kappa shape index (κ3) is 4.40. The molecular formula is C21H16F3N5O. The van der Waals surface area contributed by atoms with Crippen molar-refractivity contribution in [2.75, 3.05) is 5.32 Å². The van der Waals surface area contributed by atoms with Crippen molar-refractivity contribution in [2.45, 2.75) is 12.7 Å². The Bertz CT molecular complexity index is 1210. The molecule has 152 valence electrons. The predicted molar refractivity (Wildman–Crippen MR) is 107 cm³/mol. The van der Waals surface area contributed by atoms with E-state index in [9.17, 15) is 18.0 Å². The average molecular weight is 411 g/mol. The van der Waals surface area contributed by atoms with Crippen LogP contribution < -0.4 is 5.32 Å². The Balaban J connectivity index is 1.49. The number of H-pyrrole nitrogens is 1. The SMILES string of the molecule is O=C(/C=C/c1cnccc1-c1cn[nH]c1)Nc1ccc2c(ccn2CC(F)(F)F)c1. The zero-order chi connectivity index (χ0) is 21.1. The zero-order valence-electron chi connectivity index (χ0n) is 15.5. The van der Waals surface area contributed by atoms with Crippen LogP contribution in [0.3, 0.4) is 0 Å². The highest BCUT2D eigenvalue weighted by Gasteiger charge is 2.28. The number of carbonyl (C=O) groups is 1. The molecule has 4 rings (SSSR count). The highest BCUT2D eigenvalue weighted by Crippen LogP contribution is 2.25. The molecule has 3 heterocycles. The van der Waals surface area contributed by atoms with E-state index >= 15 is 0 Å². The van der Waals surface area contributed by atoms with Crippen LogP contribution in [0.1, 0.15) is 5.56 Å². The molecule has 30 heavy (non-hydrogen) atoms. The minimum atomic E-state index is -4.30. The lowest BCUT2D eigenvalue weighted by atomic mass is 10.0. The number of nitrogens with one attached hydrogen (secondary N) is 2. The summed E-state index contributed by atoms with van der Waals surface area (Å²) in [5, 5.41) is 9.99. The number of fused-ring (bicyclic) bond motifs is 1. The molecule has 0 saturated carbocycles. The number of halogens is 3. The van der Waals surface area contributed by atoms with Crippen molar-refractivity contribution in [3.05, 3.63) is 73.0 Å². The summed E-state index contributed by atoms with van der Waals surface area (Å²) in [6, 6.07) is 8.16. The van der Waals surface area contributed by atoms with E-state index in [0.29, 0.717) is 16.6 Å². The second kappa shape index (κ2) is 7.86. The first kappa shape index (κ1) is 19.4. The number of aromatic nitrogens is 4. The van der Waals surface area contributed by atoms with Crippen LogP contribution in [0.15, 0.2) is 67.4 Å². The Morgan fingerprint density at radius 2 is 2.07 bits per heavy atom. The fraction of sp³-hybridized carbons (Fsp3) is 0.0952. The summed E-state index contributed by atoms with van der Waals surface area (Å²) < 4.78 is 39.1. The van der Waals surface area contributed by atoms with Gasteiger partial charge in [-0.15, -0.1) is 0 Å². The van der Waals surface area contributed by atoms with E-state index in [4.69, 9.17) is 0 Å². The van der Waals surface area contributed by atoms with Gasteiger partial charge in [0.1, 0.15) is 6.54 Å². The molecule has 0 aliphatic heterocycles. The standard InChI is InChI=1S/C21H16F3N5O/c22-21(23,24)13-29-8-6-14-9-17(2-3-19(14)29)28-20(30)4-1-15-10-25-7-5-18(15)16-11-26-27-12-16/h1-12H,13H2,(H,26,27)(H,28,30)/b4-1+. The van der Waals surface area contributed by atoms with Crippen LogP contribution in [-0.4, -0.2) is 31.8 Å². The van der Waals surface area contributed by atoms with Gasteiger partial charge in [0.15, 0.2) is 0 Å². The van der Waals surface area contributed by atoms with Crippen LogP contribution in [0.2, 0.25) is 0 Å². The van der Waals surface area contributed by atoms with Crippen LogP contribution >= 0.6 is 0 Å². The number of nitrogens with zero attached hydrogens (tertiary/aromatic N) is 3. The van der Waals surface area contributed by atoms with E-state index in [-0.39, 0.29) is 5.91 Å². The molecule has 1 aromatic carbocycles. The first-order valence-corrected chi connectivity index (χ1v) is 8.97. The fourth-order valence-electron chi connectivity index (χ4n) is 3.16. The number of anilines is 1. The van der Waals surface area contributed by atoms with Gasteiger partial charge in [0.25, 0.3) is 0 Å². The summed E-state index contributed by atoms with van der Waals surface area (Å²) in [6.45, 7) is -1.06. The predicted octanol–water partition coefficient (Wildman–Crippen LogP) is 4.64. The quantitative estimate of drug-likeness (QED) is 0.470. The fourth-order valence-corrected chi connectivity index (χ4v) is 3.16. The van der Waals surface area contributed by atoms with Gasteiger partial charge < -0.3 is 9.88 Å². The molecule has 4 aromatic rings. The molecule has 0 fully saturated rings. The van der Waals surface area contributed by atoms with Crippen molar-refractivity contribution in [1.82, 2.24) is 19.7 Å². The van der Waals surface area contributed by atoms with Crippen molar-refractivity contribution >= 4 is 28.6 Å². The van der Waals surface area contributed by atoms with Gasteiger partial charge in [0.2, 0.25) is 5.91 Å². The van der Waals surface area contributed by atoms with E-state index < -0.39 is 12.7 Å². The molecule has 0 bridgehead atoms. The summed E-state index contributed by atoms with van der Waals surface area (Å²) in [5.74, 6) is -0.369. The molecule has 3 aromatic heterocycles. The lowest BCUT2D eigenvalue weighted by Gasteiger charge is -2.09. The highest BCUT2D eigenvalue weighted by molar-refractivity contribution is 6.03. The summed E-state index contributed by atoms with van der Waals surface area (Å²) in [5.41, 5.74) is 3.42. The molecule has 0 radical (unpaired) electrons. The number of pyridine rings is 1. The Kier molecular flexibility index (Phi) is 5.09. The molecule has 6 nitrogen and oxygen atoms in total. The monoisotopic (exact) mass is 411 g/mol. The molecule has 0 aliphatic carbocycles. The number of aromatic amines is 1. The second-order valence-corrected chi connectivity index (χ2v) is 6.60. The molecule has 1 amide bonds. The summed E-state index contributed by atoms with van der Waals surface area (Å²) in [4.78, 5) is 16.4. The van der Waals surface area contributed by atoms with Gasteiger partial charge >= 0.3 is 6.18 Å². The van der Waals surface area contributed by atoms with E-state index in [1.54, 1.807) is 55.1 Å². The lowest BCUT2D eigenvalue weighted by Crippen LogP contribution is -2.16. The van der Waals surface area contributed by atoms with Gasteiger partial charge in [-0.25, -0.2) is 0 Å². The maximum atomic E-state index is 12.6. The molecule has 2 N–H and O–H groups in total. The first-order chi connectivity index (χ1) is 14.4. The molecule has 0 aliphatic rings. The van der Waals surface area contributed by atoms with Crippen molar-refractivity contribution in [3.8, 4) is 11.1 Å². The van der Waals surface area contributed by atoms with Gasteiger partial charge in [-0.2, -0.15) is 18.3 Å². The molecule has 0 unspecified atom stereocenters. The summed E-state index contributed by atoms with van der Waals surface area (Å²) in [6.07, 6.45) is 6.80. The van der Waals surface area contributed by atoms with Crippen LogP contribution in [0.4, 0.5) is 18.9 Å². The van der Waals surface area contributed by atoms with Crippen molar-refractivity contribution < 1.29 is 18.0 Å². The van der Waals surface area contributed by atoms with Gasteiger partial charge in [-0.1, -0.05) is 0 Å². The normalized spacial score (nSPS) is 12.0. The summed E-state index contributed by atoms with van der Waals surface area (Å²) in [7, 11) is 0. The Morgan fingerprint density at radius 3 is 2.83 bits per heavy atom. The average Bonchev–Trinajstić information content (AvgIpc) is 3.36. The second-order valence-electron chi connectivity index (χ2n) is 6.60. The van der Waals surface area contributed by atoms with E-state index in [1.807, 2.05) is 6.07 Å². The Labute approximate surface area is 169 Å². The van der Waals surface area contributed by atoms with Crippen LogP contribution in [0.5, 0.6) is 0 Å². The lowest BCUT2D eigenvalue weighted by molar-refractivity contribution is -0.139. The maximum Gasteiger partial charge on any atom is 0.406 e. The minimum absolute atomic E-state index is 0.369. The third-order valence-electron chi connectivity index (χ3n) is 4.46. The van der Waals surface area contributed by atoms with Gasteiger partial charge in [-0.05, 0) is 42.0 Å². The van der Waals surface area contributed by atoms with E-state index in [0.717, 1.165) is 21.3 Å². The van der Waals surface area contributed by atoms with E-state index in [1.165, 1.54) is 12.3 Å². The van der Waals surface area contributed by atoms with Gasteiger partial charge in [0.05, 0.1) is 6.20 Å². The zero-order valence-corrected chi connectivity index (χ0v) is 15.5. The molecule has 0 saturated heterocycles. The van der Waals surface area contributed by atoms with Crippen LogP contribution in [-0.2, 0) is 11.3 Å².